The molecule has 1 heterocycles. The lowest BCUT2D eigenvalue weighted by atomic mass is 9.42. The van der Waals surface area contributed by atoms with Crippen LogP contribution in [0.5, 0.6) is 0 Å². The average molecular weight is 619 g/mol. The lowest BCUT2D eigenvalue weighted by Gasteiger charge is -2.63. The number of rotatable bonds is 5. The van der Waals surface area contributed by atoms with Gasteiger partial charge >= 0.3 is 17.9 Å². The lowest BCUT2D eigenvalue weighted by Crippen LogP contribution is -2.66. The maximum Gasteiger partial charge on any atom is 0.337 e. The van der Waals surface area contributed by atoms with Gasteiger partial charge in [0.25, 0.3) is 0 Å². The van der Waals surface area contributed by atoms with Crippen LogP contribution in [0.2, 0.25) is 0 Å². The first-order chi connectivity index (χ1) is 21.3. The zero-order chi connectivity index (χ0) is 32.1. The molecule has 0 unspecified atom stereocenters. The second kappa shape index (κ2) is 9.06. The van der Waals surface area contributed by atoms with Gasteiger partial charge in [0.05, 0.1) is 31.8 Å². The van der Waals surface area contributed by atoms with Gasteiger partial charge in [-0.15, -0.1) is 0 Å². The van der Waals surface area contributed by atoms with E-state index in [-0.39, 0.29) is 57.7 Å². The van der Waals surface area contributed by atoms with E-state index < -0.39 is 47.4 Å². The Morgan fingerprint density at radius 2 is 1.80 bits per heavy atom. The van der Waals surface area contributed by atoms with Crippen molar-refractivity contribution in [1.29, 1.82) is 0 Å². The summed E-state index contributed by atoms with van der Waals surface area (Å²) < 4.78 is 17.6. The van der Waals surface area contributed by atoms with E-state index in [0.717, 1.165) is 18.4 Å². The van der Waals surface area contributed by atoms with Gasteiger partial charge in [0.2, 0.25) is 0 Å². The van der Waals surface area contributed by atoms with Gasteiger partial charge in [-0.3, -0.25) is 4.79 Å². The highest BCUT2D eigenvalue weighted by Gasteiger charge is 2.81. The number of ether oxygens (including phenoxy) is 3. The van der Waals surface area contributed by atoms with E-state index in [1.807, 2.05) is 13.8 Å². The van der Waals surface area contributed by atoms with E-state index in [1.165, 1.54) is 12.7 Å². The SMILES string of the molecule is C/C=C(\C)C(=O)OC[C@@H]1[C@H]2C[C@H]2[C@]2(C)[C@@H]3CC4=C5[C@H](/C(=C(\C)C(=O)OC)C(=O)[C@H](O)[C@@]5(C)[C@@H]5C[C@H]45)[C@@]34OC(=O)C(CO)=C4C[C@@H]12. The number of hydrogen-bond acceptors (Lipinski definition) is 9. The number of ketones is 1. The first-order valence-electron chi connectivity index (χ1n) is 16.4. The molecule has 7 aliphatic carbocycles. The number of esters is 3. The fourth-order valence-electron chi connectivity index (χ4n) is 11.9. The molecule has 1 aliphatic heterocycles. The molecule has 8 aliphatic rings. The van der Waals surface area contributed by atoms with E-state index >= 15 is 0 Å². The summed E-state index contributed by atoms with van der Waals surface area (Å²) in [5.74, 6) is -1.80. The minimum atomic E-state index is -1.31. The normalized spacial score (nSPS) is 47.6. The van der Waals surface area contributed by atoms with Crippen LogP contribution in [0.1, 0.15) is 60.3 Å². The summed E-state index contributed by atoms with van der Waals surface area (Å²) in [7, 11) is 1.27. The minimum absolute atomic E-state index is 0.0769. The number of allylic oxidation sites excluding steroid dienone is 2. The van der Waals surface area contributed by atoms with Crippen molar-refractivity contribution in [1.82, 2.24) is 0 Å². The largest absolute Gasteiger partial charge is 0.466 e. The molecule has 0 aromatic carbocycles. The summed E-state index contributed by atoms with van der Waals surface area (Å²) in [4.78, 5) is 53.9. The number of Topliss-reactive ketones (excluding diaryl/α,β-unsaturated/α-hetero) is 1. The fraction of sp³-hybridized carbons (Fsp3) is 0.667. The molecule has 240 valence electrons. The lowest BCUT2D eigenvalue weighted by molar-refractivity contribution is -0.179. The maximum atomic E-state index is 14.4. The Labute approximate surface area is 262 Å². The van der Waals surface area contributed by atoms with Gasteiger partial charge < -0.3 is 24.4 Å². The Hall–Kier alpha value is -3.04. The highest BCUT2D eigenvalue weighted by molar-refractivity contribution is 6.09. The second-order valence-electron chi connectivity index (χ2n) is 15.4. The van der Waals surface area contributed by atoms with E-state index in [9.17, 15) is 29.4 Å². The van der Waals surface area contributed by atoms with Crippen molar-refractivity contribution in [3.8, 4) is 0 Å². The van der Waals surface area contributed by atoms with Crippen molar-refractivity contribution in [3.63, 3.8) is 0 Å². The fourth-order valence-corrected chi connectivity index (χ4v) is 11.9. The summed E-state index contributed by atoms with van der Waals surface area (Å²) in [6, 6.07) is 0. The van der Waals surface area contributed by atoms with Gasteiger partial charge in [0.1, 0.15) is 11.7 Å². The molecule has 2 N–H and O–H groups in total. The van der Waals surface area contributed by atoms with Gasteiger partial charge in [-0.1, -0.05) is 25.5 Å². The van der Waals surface area contributed by atoms with Crippen LogP contribution in [-0.2, 0) is 33.4 Å². The van der Waals surface area contributed by atoms with Crippen LogP contribution in [0.15, 0.2) is 45.1 Å². The van der Waals surface area contributed by atoms with Crippen molar-refractivity contribution >= 4 is 23.7 Å². The number of aliphatic hydroxyl groups excluding tert-OH is 2. The topological polar surface area (TPSA) is 136 Å². The number of aliphatic hydroxyl groups is 2. The van der Waals surface area contributed by atoms with Gasteiger partial charge in [-0.25, -0.2) is 14.4 Å². The van der Waals surface area contributed by atoms with Gasteiger partial charge in [0.15, 0.2) is 5.78 Å². The molecule has 0 saturated heterocycles. The molecule has 9 nitrogen and oxygen atoms in total. The Kier molecular flexibility index (Phi) is 5.91. The van der Waals surface area contributed by atoms with Crippen LogP contribution >= 0.6 is 0 Å². The highest BCUT2D eigenvalue weighted by Crippen LogP contribution is 2.82. The zero-order valence-corrected chi connectivity index (χ0v) is 26.8. The van der Waals surface area contributed by atoms with Crippen molar-refractivity contribution in [3.05, 3.63) is 45.1 Å². The predicted octanol–water partition coefficient (Wildman–Crippen LogP) is 3.39. The molecular weight excluding hydrogens is 576 g/mol. The number of methoxy groups -OCH3 is 1. The van der Waals surface area contributed by atoms with Crippen LogP contribution in [0, 0.1) is 58.2 Å². The quantitative estimate of drug-likeness (QED) is 0.206. The van der Waals surface area contributed by atoms with Gasteiger partial charge in [0, 0.05) is 28.1 Å². The molecule has 1 spiro atoms. The second-order valence-corrected chi connectivity index (χ2v) is 15.4. The number of carbonyl (C=O) groups excluding carboxylic acids is 4. The summed E-state index contributed by atoms with van der Waals surface area (Å²) in [5.41, 5.74) is 1.60. The van der Waals surface area contributed by atoms with Crippen LogP contribution in [0.25, 0.3) is 0 Å². The van der Waals surface area contributed by atoms with Gasteiger partial charge in [-0.05, 0) is 98.5 Å². The van der Waals surface area contributed by atoms with Crippen molar-refractivity contribution in [2.75, 3.05) is 20.3 Å². The minimum Gasteiger partial charge on any atom is -0.466 e. The Bertz CT molecular complexity index is 1630. The van der Waals surface area contributed by atoms with Crippen molar-refractivity contribution in [2.45, 2.75) is 72.0 Å². The van der Waals surface area contributed by atoms with Crippen LogP contribution < -0.4 is 0 Å². The first kappa shape index (κ1) is 29.4. The predicted molar refractivity (Wildman–Crippen MR) is 159 cm³/mol. The smallest absolute Gasteiger partial charge is 0.337 e. The third-order valence-electron chi connectivity index (χ3n) is 14.2. The Morgan fingerprint density at radius 3 is 2.47 bits per heavy atom. The summed E-state index contributed by atoms with van der Waals surface area (Å²) >= 11 is 0. The van der Waals surface area contributed by atoms with Crippen molar-refractivity contribution < 1.29 is 43.6 Å². The van der Waals surface area contributed by atoms with Gasteiger partial charge in [-0.2, -0.15) is 0 Å². The maximum absolute atomic E-state index is 14.4. The molecule has 5 fully saturated rings. The molecule has 45 heavy (non-hydrogen) atoms. The summed E-state index contributed by atoms with van der Waals surface area (Å²) in [5, 5.41) is 22.3. The Morgan fingerprint density at radius 1 is 1.07 bits per heavy atom. The third-order valence-corrected chi connectivity index (χ3v) is 14.2. The summed E-state index contributed by atoms with van der Waals surface area (Å²) in [6.45, 7) is 9.19. The van der Waals surface area contributed by atoms with E-state index in [4.69, 9.17) is 14.2 Å². The summed E-state index contributed by atoms with van der Waals surface area (Å²) in [6.07, 6.45) is 3.46. The molecule has 0 bridgehead atoms. The molecule has 0 radical (unpaired) electrons. The molecule has 9 heteroatoms. The number of hydrogen-bond donors (Lipinski definition) is 2. The molecular formula is C36H42O9. The molecule has 0 aromatic rings. The first-order valence-corrected chi connectivity index (χ1v) is 16.4. The number of carbonyl (C=O) groups is 4. The highest BCUT2D eigenvalue weighted by atomic mass is 16.6. The molecule has 12 atom stereocenters. The van der Waals surface area contributed by atoms with E-state index in [0.29, 0.717) is 42.4 Å². The molecule has 5 saturated carbocycles. The molecule has 0 amide bonds. The molecule has 0 aromatic heterocycles. The van der Waals surface area contributed by atoms with E-state index in [1.54, 1.807) is 19.9 Å². The standard InChI is InChI=1S/C36H42O9/c1-7-14(2)31(40)44-13-20-17-9-21(17)34(4)23(20)11-24-19(12-37)33(42)45-36(24)25(34)10-18-16-8-22(16)35(5)27(18)28(36)26(29(38)30(35)39)15(3)32(41)43-6/h7,16-17,20-23,25,28,30,37,39H,8-13H2,1-6H3/b14-7+,26-15-/t16-,17-,20-,21-,22-,23+,25+,28+,30+,34+,35+,36+/m1/s1. The van der Waals surface area contributed by atoms with Crippen LogP contribution in [-0.4, -0.2) is 65.9 Å². The zero-order valence-electron chi connectivity index (χ0n) is 26.8. The van der Waals surface area contributed by atoms with Crippen LogP contribution in [0.3, 0.4) is 0 Å². The van der Waals surface area contributed by atoms with E-state index in [2.05, 4.69) is 6.92 Å². The molecule has 8 rings (SSSR count). The Balaban J connectivity index is 1.34. The van der Waals surface area contributed by atoms with Crippen molar-refractivity contribution in [2.24, 2.45) is 58.2 Å². The third kappa shape index (κ3) is 3.22. The monoisotopic (exact) mass is 618 g/mol. The number of fused-ring (bicyclic) bond motifs is 7. The van der Waals surface area contributed by atoms with Crippen LogP contribution in [0.4, 0.5) is 0 Å². The average Bonchev–Trinajstić information content (AvgIpc) is 3.93.